The van der Waals surface area contributed by atoms with Gasteiger partial charge in [0.25, 0.3) is 5.91 Å². The Hall–Kier alpha value is -3.81. The number of nitrogens with one attached hydrogen (secondary N) is 1. The molecule has 2 aliphatic rings. The van der Waals surface area contributed by atoms with Gasteiger partial charge < -0.3 is 24.8 Å². The second kappa shape index (κ2) is 13.1. The fourth-order valence-corrected chi connectivity index (χ4v) is 5.06. The monoisotopic (exact) mass is 520 g/mol. The van der Waals surface area contributed by atoms with Crippen molar-refractivity contribution < 1.29 is 29.0 Å². The number of carboxylic acid groups (broad SMARTS) is 1. The first-order valence-corrected chi connectivity index (χ1v) is 13.4. The number of rotatable bonds is 10. The minimum absolute atomic E-state index is 0.00626. The molecule has 1 aliphatic heterocycles. The Kier molecular flexibility index (Phi) is 9.40. The Bertz CT molecular complexity index is 1170. The number of carbonyl (C=O) groups is 3. The van der Waals surface area contributed by atoms with Crippen LogP contribution in [0.4, 0.5) is 4.79 Å². The van der Waals surface area contributed by atoms with Crippen molar-refractivity contribution in [2.45, 2.75) is 70.9 Å². The second-order valence-corrected chi connectivity index (χ2v) is 9.77. The lowest BCUT2D eigenvalue weighted by molar-refractivity contribution is -0.136. The van der Waals surface area contributed by atoms with Gasteiger partial charge in [0.1, 0.15) is 11.9 Å². The first kappa shape index (κ1) is 27.2. The highest BCUT2D eigenvalue weighted by atomic mass is 16.6. The molecule has 0 atom stereocenters. The Morgan fingerprint density at radius 3 is 2.53 bits per heavy atom. The van der Waals surface area contributed by atoms with E-state index in [9.17, 15) is 19.5 Å². The van der Waals surface area contributed by atoms with Crippen molar-refractivity contribution in [3.63, 3.8) is 0 Å². The van der Waals surface area contributed by atoms with Crippen molar-refractivity contribution >= 4 is 18.0 Å². The molecule has 202 valence electrons. The average molecular weight is 521 g/mol. The lowest BCUT2D eigenvalue weighted by atomic mass is 9.92. The van der Waals surface area contributed by atoms with Crippen LogP contribution in [-0.2, 0) is 28.9 Å². The summed E-state index contributed by atoms with van der Waals surface area (Å²) in [5.41, 5.74) is 4.23. The largest absolute Gasteiger partial charge is 0.493 e. The first-order valence-electron chi connectivity index (χ1n) is 13.4. The summed E-state index contributed by atoms with van der Waals surface area (Å²) in [6.45, 7) is 3.13. The standard InChI is InChI=1S/C30H36N2O6/c1-2-23(31-29(35)22-8-4-3-5-9-22)17-19-37-27-14-12-21(13-15-28(33)34)26-20-32(18-16-25(26)27)30(36)38-24-10-6-7-11-24/h2-5,8-9,12,14,24H,6-7,10-11,13,15-20H2,1H3,(H,31,35)(H,33,34)/b23-2+. The Balaban J connectivity index is 1.42. The van der Waals surface area contributed by atoms with Gasteiger partial charge in [0.2, 0.25) is 0 Å². The molecule has 1 heterocycles. The number of benzene rings is 2. The molecule has 0 aromatic heterocycles. The van der Waals surface area contributed by atoms with Crippen molar-refractivity contribution in [1.82, 2.24) is 10.2 Å². The number of fused-ring (bicyclic) bond motifs is 1. The van der Waals surface area contributed by atoms with Gasteiger partial charge in [0.05, 0.1) is 6.61 Å². The van der Waals surface area contributed by atoms with E-state index in [1.807, 2.05) is 43.3 Å². The fraction of sp³-hybridized carbons (Fsp3) is 0.433. The van der Waals surface area contributed by atoms with Gasteiger partial charge in [-0.15, -0.1) is 0 Å². The number of ether oxygens (including phenoxy) is 2. The Morgan fingerprint density at radius 1 is 1.05 bits per heavy atom. The number of carboxylic acids is 1. The predicted octanol–water partition coefficient (Wildman–Crippen LogP) is 5.24. The minimum Gasteiger partial charge on any atom is -0.493 e. The highest BCUT2D eigenvalue weighted by Crippen LogP contribution is 2.33. The zero-order chi connectivity index (χ0) is 26.9. The van der Waals surface area contributed by atoms with Crippen molar-refractivity contribution in [3.8, 4) is 5.75 Å². The number of hydrogen-bond acceptors (Lipinski definition) is 5. The quantitative estimate of drug-likeness (QED) is 0.444. The summed E-state index contributed by atoms with van der Waals surface area (Å²) in [5.74, 6) is -0.292. The number of aliphatic carboxylic acids is 1. The van der Waals surface area contributed by atoms with Crippen LogP contribution in [0.5, 0.6) is 5.75 Å². The summed E-state index contributed by atoms with van der Waals surface area (Å²) in [4.78, 5) is 38.3. The summed E-state index contributed by atoms with van der Waals surface area (Å²) in [6, 6.07) is 12.8. The van der Waals surface area contributed by atoms with E-state index in [0.717, 1.165) is 53.8 Å². The molecular formula is C30H36N2O6. The molecule has 4 rings (SSSR count). The van der Waals surface area contributed by atoms with E-state index in [-0.39, 0.29) is 24.5 Å². The molecule has 0 bridgehead atoms. The maximum Gasteiger partial charge on any atom is 0.410 e. The maximum atomic E-state index is 12.8. The van der Waals surface area contributed by atoms with Crippen LogP contribution in [0.15, 0.2) is 54.2 Å². The summed E-state index contributed by atoms with van der Waals surface area (Å²) >= 11 is 0. The number of amides is 2. The van der Waals surface area contributed by atoms with Crippen molar-refractivity contribution in [2.24, 2.45) is 0 Å². The maximum absolute atomic E-state index is 12.8. The molecule has 1 aliphatic carbocycles. The van der Waals surface area contributed by atoms with Gasteiger partial charge in [-0.05, 0) is 74.8 Å². The van der Waals surface area contributed by atoms with E-state index in [1.165, 1.54) is 0 Å². The van der Waals surface area contributed by atoms with Crippen molar-refractivity contribution in [1.29, 1.82) is 0 Å². The summed E-state index contributed by atoms with van der Waals surface area (Å²) in [6.07, 6.45) is 7.09. The van der Waals surface area contributed by atoms with Crippen molar-refractivity contribution in [2.75, 3.05) is 13.2 Å². The van der Waals surface area contributed by atoms with Crippen molar-refractivity contribution in [3.05, 3.63) is 76.5 Å². The second-order valence-electron chi connectivity index (χ2n) is 9.77. The molecule has 2 aromatic rings. The average Bonchev–Trinajstić information content (AvgIpc) is 3.44. The van der Waals surface area contributed by atoms with Crippen LogP contribution in [0.2, 0.25) is 0 Å². The molecule has 0 unspecified atom stereocenters. The first-order chi connectivity index (χ1) is 18.4. The third-order valence-electron chi connectivity index (χ3n) is 7.19. The van der Waals surface area contributed by atoms with Gasteiger partial charge in [-0.2, -0.15) is 0 Å². The van der Waals surface area contributed by atoms with E-state index < -0.39 is 5.97 Å². The lowest BCUT2D eigenvalue weighted by Gasteiger charge is -2.32. The van der Waals surface area contributed by atoms with Gasteiger partial charge in [-0.3, -0.25) is 9.59 Å². The fourth-order valence-electron chi connectivity index (χ4n) is 5.06. The number of hydrogen-bond donors (Lipinski definition) is 2. The zero-order valence-corrected chi connectivity index (χ0v) is 21.9. The molecule has 0 saturated heterocycles. The van der Waals surface area contributed by atoms with Crippen LogP contribution >= 0.6 is 0 Å². The number of nitrogens with zero attached hydrogens (tertiary/aromatic N) is 1. The summed E-state index contributed by atoms with van der Waals surface area (Å²) in [7, 11) is 0. The molecule has 8 nitrogen and oxygen atoms in total. The molecule has 38 heavy (non-hydrogen) atoms. The molecule has 2 N–H and O–H groups in total. The van der Waals surface area contributed by atoms with Gasteiger partial charge in [0.15, 0.2) is 0 Å². The molecular weight excluding hydrogens is 484 g/mol. The smallest absolute Gasteiger partial charge is 0.410 e. The van der Waals surface area contributed by atoms with E-state index >= 15 is 0 Å². The topological polar surface area (TPSA) is 105 Å². The van der Waals surface area contributed by atoms with E-state index in [0.29, 0.717) is 44.5 Å². The third kappa shape index (κ3) is 7.15. The van der Waals surface area contributed by atoms with Crippen LogP contribution in [0, 0.1) is 0 Å². The van der Waals surface area contributed by atoms with Crippen LogP contribution in [0.25, 0.3) is 0 Å². The van der Waals surface area contributed by atoms with Gasteiger partial charge in [-0.1, -0.05) is 30.3 Å². The Morgan fingerprint density at radius 2 is 1.82 bits per heavy atom. The van der Waals surface area contributed by atoms with Gasteiger partial charge in [0, 0.05) is 42.8 Å². The Labute approximate surface area is 223 Å². The third-order valence-corrected chi connectivity index (χ3v) is 7.19. The zero-order valence-electron chi connectivity index (χ0n) is 21.9. The molecule has 1 saturated carbocycles. The summed E-state index contributed by atoms with van der Waals surface area (Å²) < 4.78 is 11.9. The minimum atomic E-state index is -0.858. The molecule has 8 heteroatoms. The lowest BCUT2D eigenvalue weighted by Crippen LogP contribution is -2.38. The SMILES string of the molecule is C/C=C(\CCOc1ccc(CCC(=O)O)c2c1CCN(C(=O)OC1CCCC1)C2)NC(=O)c1ccccc1. The number of carbonyl (C=O) groups excluding carboxylic acids is 2. The molecule has 2 aromatic carbocycles. The molecule has 0 radical (unpaired) electrons. The van der Waals surface area contributed by atoms with E-state index in [4.69, 9.17) is 9.47 Å². The summed E-state index contributed by atoms with van der Waals surface area (Å²) in [5, 5.41) is 12.2. The number of allylic oxidation sites excluding steroid dienone is 1. The molecule has 0 spiro atoms. The predicted molar refractivity (Wildman–Crippen MR) is 143 cm³/mol. The number of aryl methyl sites for hydroxylation is 1. The normalized spacial score (nSPS) is 15.6. The van der Waals surface area contributed by atoms with Gasteiger partial charge >= 0.3 is 12.1 Å². The van der Waals surface area contributed by atoms with E-state index in [2.05, 4.69) is 5.32 Å². The highest BCUT2D eigenvalue weighted by Gasteiger charge is 2.29. The van der Waals surface area contributed by atoms with Crippen LogP contribution in [0.1, 0.15) is 72.5 Å². The van der Waals surface area contributed by atoms with Crippen LogP contribution in [0.3, 0.4) is 0 Å². The van der Waals surface area contributed by atoms with Gasteiger partial charge in [-0.25, -0.2) is 4.79 Å². The van der Waals surface area contributed by atoms with E-state index in [1.54, 1.807) is 17.0 Å². The van der Waals surface area contributed by atoms with Crippen LogP contribution in [-0.4, -0.2) is 47.2 Å². The molecule has 2 amide bonds. The molecule has 1 fully saturated rings. The highest BCUT2D eigenvalue weighted by molar-refractivity contribution is 5.95. The van der Waals surface area contributed by atoms with Crippen LogP contribution < -0.4 is 10.1 Å².